The number of hydrogen-bond donors (Lipinski definition) is 1. The summed E-state index contributed by atoms with van der Waals surface area (Å²) in [5, 5.41) is 3.41. The second-order valence-corrected chi connectivity index (χ2v) is 6.39. The highest BCUT2D eigenvalue weighted by molar-refractivity contribution is 4.77. The number of likely N-dealkylation sites (N-methyl/N-ethyl adjacent to an activating group) is 1. The third kappa shape index (κ3) is 5.28. The summed E-state index contributed by atoms with van der Waals surface area (Å²) in [6.07, 6.45) is 0. The van der Waals surface area contributed by atoms with Crippen LogP contribution in [0.3, 0.4) is 0 Å². The van der Waals surface area contributed by atoms with Crippen molar-refractivity contribution in [1.29, 1.82) is 0 Å². The van der Waals surface area contributed by atoms with Crippen LogP contribution in [0.5, 0.6) is 0 Å². The Bertz CT molecular complexity index is 192. The first-order valence-electron chi connectivity index (χ1n) is 6.52. The van der Waals surface area contributed by atoms with Gasteiger partial charge in [0.05, 0.1) is 0 Å². The molecule has 1 aliphatic rings. The third-order valence-corrected chi connectivity index (χ3v) is 3.10. The van der Waals surface area contributed by atoms with E-state index in [1.807, 2.05) is 0 Å². The van der Waals surface area contributed by atoms with E-state index in [0.29, 0.717) is 11.5 Å². The fourth-order valence-corrected chi connectivity index (χ4v) is 2.56. The van der Waals surface area contributed by atoms with Crippen molar-refractivity contribution >= 4 is 0 Å². The van der Waals surface area contributed by atoms with E-state index in [-0.39, 0.29) is 0 Å². The normalized spacial score (nSPS) is 21.4. The molecule has 0 aliphatic carbocycles. The molecule has 1 atom stereocenters. The molecule has 1 N–H and O–H groups in total. The lowest BCUT2D eigenvalue weighted by molar-refractivity contribution is 0.129. The van der Waals surface area contributed by atoms with E-state index in [1.54, 1.807) is 0 Å². The maximum atomic E-state index is 3.41. The summed E-state index contributed by atoms with van der Waals surface area (Å²) in [5.41, 5.74) is 0.401. The van der Waals surface area contributed by atoms with Gasteiger partial charge in [-0.1, -0.05) is 20.8 Å². The topological polar surface area (TPSA) is 18.5 Å². The van der Waals surface area contributed by atoms with Crippen LogP contribution in [0.15, 0.2) is 0 Å². The Kier molecular flexibility index (Phi) is 5.22. The highest BCUT2D eigenvalue weighted by atomic mass is 15.2. The van der Waals surface area contributed by atoms with E-state index in [4.69, 9.17) is 0 Å². The predicted molar refractivity (Wildman–Crippen MR) is 70.9 cm³/mol. The van der Waals surface area contributed by atoms with Gasteiger partial charge in [-0.25, -0.2) is 0 Å². The van der Waals surface area contributed by atoms with Gasteiger partial charge in [-0.05, 0) is 19.4 Å². The first-order chi connectivity index (χ1) is 7.38. The van der Waals surface area contributed by atoms with Crippen LogP contribution in [-0.4, -0.2) is 62.2 Å². The minimum Gasteiger partial charge on any atom is -0.314 e. The fourth-order valence-electron chi connectivity index (χ4n) is 2.56. The van der Waals surface area contributed by atoms with Crippen molar-refractivity contribution in [3.05, 3.63) is 0 Å². The lowest BCUT2D eigenvalue weighted by Crippen LogP contribution is -2.51. The maximum Gasteiger partial charge on any atom is 0.0195 e. The molecule has 1 saturated heterocycles. The lowest BCUT2D eigenvalue weighted by atomic mass is 9.96. The van der Waals surface area contributed by atoms with Gasteiger partial charge in [0.2, 0.25) is 0 Å². The van der Waals surface area contributed by atoms with E-state index in [2.05, 4.69) is 49.9 Å². The van der Waals surface area contributed by atoms with Gasteiger partial charge in [-0.15, -0.1) is 0 Å². The van der Waals surface area contributed by atoms with E-state index in [0.717, 1.165) is 13.1 Å². The molecular weight excluding hydrogens is 198 g/mol. The Morgan fingerprint density at radius 3 is 2.31 bits per heavy atom. The molecule has 1 fully saturated rings. The van der Waals surface area contributed by atoms with Crippen molar-refractivity contribution in [1.82, 2.24) is 15.1 Å². The summed E-state index contributed by atoms with van der Waals surface area (Å²) >= 11 is 0. The fraction of sp³-hybridized carbons (Fsp3) is 1.00. The second kappa shape index (κ2) is 5.99. The molecule has 3 nitrogen and oxygen atoms in total. The number of nitrogens with one attached hydrogen (secondary N) is 1. The zero-order valence-corrected chi connectivity index (χ0v) is 11.7. The average molecular weight is 227 g/mol. The SMILES string of the molecule is CC(CN(C)CC(C)(C)C)N1CCNCC1. The molecule has 0 amide bonds. The second-order valence-electron chi connectivity index (χ2n) is 6.39. The first-order valence-corrected chi connectivity index (χ1v) is 6.52. The minimum absolute atomic E-state index is 0.401. The van der Waals surface area contributed by atoms with Crippen LogP contribution in [0.1, 0.15) is 27.7 Å². The van der Waals surface area contributed by atoms with Gasteiger partial charge >= 0.3 is 0 Å². The molecule has 16 heavy (non-hydrogen) atoms. The summed E-state index contributed by atoms with van der Waals surface area (Å²) in [7, 11) is 2.24. The van der Waals surface area contributed by atoms with Crippen LogP contribution in [0.2, 0.25) is 0 Å². The quantitative estimate of drug-likeness (QED) is 0.780. The van der Waals surface area contributed by atoms with Gasteiger partial charge in [0, 0.05) is 45.3 Å². The van der Waals surface area contributed by atoms with Gasteiger partial charge in [0.25, 0.3) is 0 Å². The zero-order chi connectivity index (χ0) is 12.2. The van der Waals surface area contributed by atoms with Crippen molar-refractivity contribution in [3.8, 4) is 0 Å². The molecule has 0 aromatic rings. The Balaban J connectivity index is 2.29. The van der Waals surface area contributed by atoms with Crippen LogP contribution in [0, 0.1) is 5.41 Å². The molecule has 1 unspecified atom stereocenters. The number of rotatable bonds is 4. The van der Waals surface area contributed by atoms with Crippen LogP contribution in [0.25, 0.3) is 0 Å². The highest BCUT2D eigenvalue weighted by Gasteiger charge is 2.20. The smallest absolute Gasteiger partial charge is 0.0195 e. The van der Waals surface area contributed by atoms with Gasteiger partial charge in [-0.2, -0.15) is 0 Å². The standard InChI is InChI=1S/C13H29N3/c1-12(16-8-6-14-7-9-16)10-15(5)11-13(2,3)4/h12,14H,6-11H2,1-5H3. The monoisotopic (exact) mass is 227 g/mol. The number of nitrogens with zero attached hydrogens (tertiary/aromatic N) is 2. The minimum atomic E-state index is 0.401. The summed E-state index contributed by atoms with van der Waals surface area (Å²) in [6, 6.07) is 0.675. The van der Waals surface area contributed by atoms with Gasteiger partial charge in [0.15, 0.2) is 0 Å². The average Bonchev–Trinajstić information content (AvgIpc) is 2.16. The molecular formula is C13H29N3. The Morgan fingerprint density at radius 2 is 1.81 bits per heavy atom. The van der Waals surface area contributed by atoms with Crippen molar-refractivity contribution in [3.63, 3.8) is 0 Å². The Morgan fingerprint density at radius 1 is 1.25 bits per heavy atom. The van der Waals surface area contributed by atoms with Gasteiger partial charge in [-0.3, -0.25) is 4.90 Å². The van der Waals surface area contributed by atoms with E-state index in [9.17, 15) is 0 Å². The first kappa shape index (κ1) is 13.9. The van der Waals surface area contributed by atoms with E-state index in [1.165, 1.54) is 26.2 Å². The van der Waals surface area contributed by atoms with Crippen LogP contribution in [-0.2, 0) is 0 Å². The lowest BCUT2D eigenvalue weighted by Gasteiger charge is -2.36. The summed E-state index contributed by atoms with van der Waals surface area (Å²) < 4.78 is 0. The van der Waals surface area contributed by atoms with Crippen molar-refractivity contribution < 1.29 is 0 Å². The Labute approximate surface area is 101 Å². The molecule has 3 heteroatoms. The van der Waals surface area contributed by atoms with E-state index >= 15 is 0 Å². The molecule has 1 aliphatic heterocycles. The largest absolute Gasteiger partial charge is 0.314 e. The number of hydrogen-bond acceptors (Lipinski definition) is 3. The van der Waals surface area contributed by atoms with Crippen LogP contribution in [0.4, 0.5) is 0 Å². The Hall–Kier alpha value is -0.120. The van der Waals surface area contributed by atoms with E-state index < -0.39 is 0 Å². The van der Waals surface area contributed by atoms with Crippen molar-refractivity contribution in [2.45, 2.75) is 33.7 Å². The molecule has 0 aromatic carbocycles. The van der Waals surface area contributed by atoms with Crippen LogP contribution >= 0.6 is 0 Å². The molecule has 1 rings (SSSR count). The summed E-state index contributed by atoms with van der Waals surface area (Å²) in [6.45, 7) is 16.3. The third-order valence-electron chi connectivity index (χ3n) is 3.10. The van der Waals surface area contributed by atoms with Crippen molar-refractivity contribution in [2.24, 2.45) is 5.41 Å². The predicted octanol–water partition coefficient (Wildman–Crippen LogP) is 1.26. The summed E-state index contributed by atoms with van der Waals surface area (Å²) in [4.78, 5) is 5.06. The van der Waals surface area contributed by atoms with Crippen molar-refractivity contribution in [2.75, 3.05) is 46.3 Å². The molecule has 0 spiro atoms. The van der Waals surface area contributed by atoms with Crippen LogP contribution < -0.4 is 5.32 Å². The maximum absolute atomic E-state index is 3.41. The highest BCUT2D eigenvalue weighted by Crippen LogP contribution is 2.14. The molecule has 0 bridgehead atoms. The zero-order valence-electron chi connectivity index (χ0n) is 11.7. The number of piperazine rings is 1. The summed E-state index contributed by atoms with van der Waals surface area (Å²) in [5.74, 6) is 0. The molecule has 96 valence electrons. The van der Waals surface area contributed by atoms with Gasteiger partial charge in [0.1, 0.15) is 0 Å². The molecule has 1 heterocycles. The molecule has 0 radical (unpaired) electrons. The molecule has 0 aromatic heterocycles. The molecule has 0 saturated carbocycles. The van der Waals surface area contributed by atoms with Gasteiger partial charge < -0.3 is 10.2 Å².